The van der Waals surface area contributed by atoms with E-state index in [1.165, 1.54) is 19.3 Å². The fraction of sp³-hybridized carbons (Fsp3) is 0.588. The van der Waals surface area contributed by atoms with E-state index in [0.29, 0.717) is 12.6 Å². The first kappa shape index (κ1) is 21.9. The zero-order chi connectivity index (χ0) is 16.7. The van der Waals surface area contributed by atoms with Crippen molar-refractivity contribution in [1.29, 1.82) is 0 Å². The first-order valence-corrected chi connectivity index (χ1v) is 10.1. The van der Waals surface area contributed by atoms with Gasteiger partial charge in [-0.15, -0.1) is 24.0 Å². The third-order valence-corrected chi connectivity index (χ3v) is 5.75. The van der Waals surface area contributed by atoms with E-state index in [-0.39, 0.29) is 24.0 Å². The van der Waals surface area contributed by atoms with Crippen molar-refractivity contribution in [3.8, 4) is 5.75 Å². The van der Waals surface area contributed by atoms with Crippen LogP contribution in [0.1, 0.15) is 31.7 Å². The van der Waals surface area contributed by atoms with Gasteiger partial charge in [0, 0.05) is 17.8 Å². The lowest BCUT2D eigenvalue weighted by atomic mass is 10.2. The molecule has 0 heterocycles. The lowest BCUT2D eigenvalue weighted by Gasteiger charge is -2.17. The van der Waals surface area contributed by atoms with E-state index in [0.717, 1.165) is 33.5 Å². The summed E-state index contributed by atoms with van der Waals surface area (Å²) < 4.78 is 6.23. The normalized spacial score (nSPS) is 20.4. The van der Waals surface area contributed by atoms with Crippen LogP contribution in [0.5, 0.6) is 5.75 Å². The van der Waals surface area contributed by atoms with Gasteiger partial charge in [0.1, 0.15) is 5.75 Å². The number of halogens is 2. The third-order valence-electron chi connectivity index (χ3n) is 4.04. The summed E-state index contributed by atoms with van der Waals surface area (Å²) in [5.41, 5.74) is 1.16. The van der Waals surface area contributed by atoms with Gasteiger partial charge >= 0.3 is 0 Å². The maximum atomic E-state index is 5.26. The number of aliphatic imine (C=N–C) groups is 1. The molecule has 1 fully saturated rings. The fourth-order valence-corrected chi connectivity index (χ4v) is 4.16. The number of benzene rings is 1. The monoisotopic (exact) mass is 527 g/mol. The predicted molar refractivity (Wildman–Crippen MR) is 119 cm³/mol. The van der Waals surface area contributed by atoms with Gasteiger partial charge in [-0.2, -0.15) is 11.8 Å². The highest BCUT2D eigenvalue weighted by molar-refractivity contribution is 14.0. The second-order valence-electron chi connectivity index (χ2n) is 5.68. The number of hydrogen-bond acceptors (Lipinski definition) is 3. The Kier molecular flexibility index (Phi) is 10.5. The summed E-state index contributed by atoms with van der Waals surface area (Å²) >= 11 is 5.50. The van der Waals surface area contributed by atoms with Crippen LogP contribution in [0.4, 0.5) is 0 Å². The van der Waals surface area contributed by atoms with Gasteiger partial charge in [-0.1, -0.05) is 6.07 Å². The summed E-state index contributed by atoms with van der Waals surface area (Å²) in [6.07, 6.45) is 5.95. The highest BCUT2D eigenvalue weighted by Gasteiger charge is 2.24. The summed E-state index contributed by atoms with van der Waals surface area (Å²) in [6.45, 7) is 3.62. The number of guanidine groups is 1. The maximum absolute atomic E-state index is 5.26. The number of hydrogen-bond donors (Lipinski definition) is 2. The summed E-state index contributed by atoms with van der Waals surface area (Å²) in [7, 11) is 1.68. The molecule has 2 atom stereocenters. The van der Waals surface area contributed by atoms with Crippen molar-refractivity contribution in [2.75, 3.05) is 19.9 Å². The van der Waals surface area contributed by atoms with Crippen LogP contribution in [-0.2, 0) is 6.54 Å². The van der Waals surface area contributed by atoms with Gasteiger partial charge in [-0.3, -0.25) is 0 Å². The van der Waals surface area contributed by atoms with Crippen molar-refractivity contribution in [3.05, 3.63) is 28.2 Å². The van der Waals surface area contributed by atoms with E-state index in [1.54, 1.807) is 7.11 Å². The van der Waals surface area contributed by atoms with Crippen LogP contribution in [0.2, 0.25) is 0 Å². The fourth-order valence-electron chi connectivity index (χ4n) is 2.78. The Morgan fingerprint density at radius 3 is 2.79 bits per heavy atom. The van der Waals surface area contributed by atoms with E-state index in [1.807, 2.05) is 17.8 Å². The van der Waals surface area contributed by atoms with E-state index in [2.05, 4.69) is 51.9 Å². The molecule has 1 aliphatic rings. The molecule has 24 heavy (non-hydrogen) atoms. The first-order chi connectivity index (χ1) is 11.2. The quantitative estimate of drug-likeness (QED) is 0.326. The Balaban J connectivity index is 0.00000288. The van der Waals surface area contributed by atoms with Gasteiger partial charge in [-0.25, -0.2) is 4.99 Å². The average Bonchev–Trinajstić information content (AvgIpc) is 3.00. The maximum Gasteiger partial charge on any atom is 0.191 e. The molecule has 7 heteroatoms. The van der Waals surface area contributed by atoms with E-state index in [4.69, 9.17) is 9.73 Å². The number of thioether (sulfide) groups is 1. The second-order valence-corrected chi connectivity index (χ2v) is 7.67. The summed E-state index contributed by atoms with van der Waals surface area (Å²) in [5, 5.41) is 7.71. The molecule has 0 radical (unpaired) electrons. The number of rotatable bonds is 6. The van der Waals surface area contributed by atoms with Gasteiger partial charge in [-0.05, 0) is 66.1 Å². The van der Waals surface area contributed by atoms with Crippen LogP contribution in [0.25, 0.3) is 0 Å². The first-order valence-electron chi connectivity index (χ1n) is 8.06. The molecule has 4 nitrogen and oxygen atoms in total. The summed E-state index contributed by atoms with van der Waals surface area (Å²) in [5.74, 6) is 1.75. The van der Waals surface area contributed by atoms with Crippen LogP contribution in [0.15, 0.2) is 27.7 Å². The van der Waals surface area contributed by atoms with Crippen LogP contribution >= 0.6 is 51.7 Å². The molecule has 0 spiro atoms. The minimum absolute atomic E-state index is 0. The smallest absolute Gasteiger partial charge is 0.191 e. The highest BCUT2D eigenvalue weighted by Crippen LogP contribution is 2.28. The van der Waals surface area contributed by atoms with Crippen molar-refractivity contribution in [2.45, 2.75) is 44.0 Å². The molecule has 0 bridgehead atoms. The molecule has 1 saturated carbocycles. The third kappa shape index (κ3) is 6.63. The molecule has 0 aliphatic heterocycles. The van der Waals surface area contributed by atoms with Crippen molar-refractivity contribution in [1.82, 2.24) is 10.6 Å². The van der Waals surface area contributed by atoms with Crippen LogP contribution in [-0.4, -0.2) is 37.2 Å². The number of methoxy groups -OCH3 is 1. The Labute approximate surface area is 175 Å². The molecule has 0 amide bonds. The molecular weight excluding hydrogens is 501 g/mol. The van der Waals surface area contributed by atoms with Crippen molar-refractivity contribution in [3.63, 3.8) is 0 Å². The van der Waals surface area contributed by atoms with Crippen molar-refractivity contribution in [2.24, 2.45) is 4.99 Å². The van der Waals surface area contributed by atoms with Crippen LogP contribution in [0, 0.1) is 0 Å². The van der Waals surface area contributed by atoms with E-state index >= 15 is 0 Å². The van der Waals surface area contributed by atoms with Crippen LogP contribution in [0.3, 0.4) is 0 Å². The number of nitrogens with zero attached hydrogens (tertiary/aromatic N) is 1. The van der Waals surface area contributed by atoms with Gasteiger partial charge in [0.25, 0.3) is 0 Å². The Bertz CT molecular complexity index is 545. The average molecular weight is 528 g/mol. The Morgan fingerprint density at radius 1 is 1.42 bits per heavy atom. The van der Waals surface area contributed by atoms with E-state index < -0.39 is 0 Å². The zero-order valence-corrected chi connectivity index (χ0v) is 19.2. The topological polar surface area (TPSA) is 45.7 Å². The lowest BCUT2D eigenvalue weighted by Crippen LogP contribution is -2.42. The molecule has 1 aromatic carbocycles. The van der Waals surface area contributed by atoms with Gasteiger partial charge in [0.15, 0.2) is 5.96 Å². The Hall–Kier alpha value is -0.150. The summed E-state index contributed by atoms with van der Waals surface area (Å²) in [4.78, 5) is 4.72. The molecule has 2 rings (SSSR count). The number of nitrogens with one attached hydrogen (secondary N) is 2. The minimum atomic E-state index is 0. The largest absolute Gasteiger partial charge is 0.496 e. The molecule has 1 aromatic rings. The molecule has 2 N–H and O–H groups in total. The molecule has 136 valence electrons. The molecular formula is C17H27BrIN3OS. The van der Waals surface area contributed by atoms with Crippen molar-refractivity contribution < 1.29 is 4.74 Å². The minimum Gasteiger partial charge on any atom is -0.496 e. The van der Waals surface area contributed by atoms with Gasteiger partial charge in [0.2, 0.25) is 0 Å². The van der Waals surface area contributed by atoms with Crippen molar-refractivity contribution >= 4 is 57.6 Å². The SMILES string of the molecule is CCNC(=NCc1ccc(OC)c(Br)c1)NC1CCC(SC)C1.I. The molecule has 0 saturated heterocycles. The zero-order valence-electron chi connectivity index (χ0n) is 14.5. The highest BCUT2D eigenvalue weighted by atomic mass is 127. The molecule has 1 aliphatic carbocycles. The standard InChI is InChI=1S/C17H26BrN3OS.HI/c1-4-19-17(21-13-6-7-14(10-13)23-3)20-11-12-5-8-16(22-2)15(18)9-12;/h5,8-9,13-14H,4,6-7,10-11H2,1-3H3,(H2,19,20,21);1H. The van der Waals surface area contributed by atoms with E-state index in [9.17, 15) is 0 Å². The van der Waals surface area contributed by atoms with Crippen LogP contribution < -0.4 is 15.4 Å². The Morgan fingerprint density at radius 2 is 2.21 bits per heavy atom. The van der Waals surface area contributed by atoms with Gasteiger partial charge in [0.05, 0.1) is 18.1 Å². The predicted octanol–water partition coefficient (Wildman–Crippen LogP) is 4.41. The van der Waals surface area contributed by atoms with Gasteiger partial charge < -0.3 is 15.4 Å². The lowest BCUT2D eigenvalue weighted by molar-refractivity contribution is 0.412. The molecule has 2 unspecified atom stereocenters. The molecule has 0 aromatic heterocycles. The number of ether oxygens (including phenoxy) is 1. The second kappa shape index (κ2) is 11.5. The summed E-state index contributed by atoms with van der Waals surface area (Å²) in [6, 6.07) is 6.61.